The number of anilines is 2. The Morgan fingerprint density at radius 1 is 1.19 bits per heavy atom. The van der Waals surface area contributed by atoms with Crippen LogP contribution >= 0.6 is 0 Å². The highest BCUT2D eigenvalue weighted by Crippen LogP contribution is 2.53. The highest BCUT2D eigenvalue weighted by molar-refractivity contribution is 5.76. The van der Waals surface area contributed by atoms with Crippen LogP contribution in [0.5, 0.6) is 0 Å². The van der Waals surface area contributed by atoms with Gasteiger partial charge in [-0.2, -0.15) is 0 Å². The van der Waals surface area contributed by atoms with E-state index in [4.69, 9.17) is 9.72 Å². The monoisotopic (exact) mass is 426 g/mol. The first-order valence-electron chi connectivity index (χ1n) is 11.9. The number of nitrogens with one attached hydrogen (secondary N) is 1. The van der Waals surface area contributed by atoms with Crippen LogP contribution in [-0.4, -0.2) is 40.2 Å². The van der Waals surface area contributed by atoms with Gasteiger partial charge in [0.1, 0.15) is 0 Å². The van der Waals surface area contributed by atoms with Crippen LogP contribution in [0.1, 0.15) is 36.9 Å². The molecule has 1 aromatic heterocycles. The Bertz CT molecular complexity index is 1090. The third-order valence-electron chi connectivity index (χ3n) is 6.85. The van der Waals surface area contributed by atoms with E-state index < -0.39 is 0 Å². The maximum absolute atomic E-state index is 6.37. The molecule has 3 aliphatic carbocycles. The Hall–Kier alpha value is -2.76. The zero-order valence-electron chi connectivity index (χ0n) is 18.4. The molecule has 5 heteroatoms. The standard InChI is InChI=1S/C27H30N4O/c1-2-13-31(18-20-7-8-20)19-21-5-4-6-24(15-21)29-26-28-12-11-25(30-26)22-9-10-23-17-27(23,16-22)32-14-3-1/h1-2,4-6,9-12,15-16,20,23H,3,7-8,13-14,17-19H2,(H,28,29,30)/b2-1+. The highest BCUT2D eigenvalue weighted by atomic mass is 16.5. The molecular weight excluding hydrogens is 396 g/mol. The molecule has 1 aliphatic heterocycles. The Kier molecular flexibility index (Phi) is 5.16. The lowest BCUT2D eigenvalue weighted by atomic mass is 10.0. The van der Waals surface area contributed by atoms with Gasteiger partial charge in [-0.25, -0.2) is 9.97 Å². The third kappa shape index (κ3) is 4.41. The maximum Gasteiger partial charge on any atom is 0.227 e. The molecule has 0 radical (unpaired) electrons. The predicted octanol–water partition coefficient (Wildman–Crippen LogP) is 5.12. The second-order valence-corrected chi connectivity index (χ2v) is 9.56. The highest BCUT2D eigenvalue weighted by Gasteiger charge is 2.53. The fraction of sp³-hybridized carbons (Fsp3) is 0.407. The number of ether oxygens (including phenoxy) is 1. The fourth-order valence-electron chi connectivity index (χ4n) is 4.82. The minimum atomic E-state index is -0.145. The number of rotatable bonds is 2. The number of benzene rings is 1. The molecular formula is C27H30N4O. The van der Waals surface area contributed by atoms with Crippen molar-refractivity contribution in [3.63, 3.8) is 0 Å². The quantitative estimate of drug-likeness (QED) is 0.676. The number of nitrogens with zero attached hydrogens (tertiary/aromatic N) is 3. The van der Waals surface area contributed by atoms with Crippen LogP contribution in [-0.2, 0) is 11.3 Å². The van der Waals surface area contributed by atoms with Crippen molar-refractivity contribution in [1.29, 1.82) is 0 Å². The summed E-state index contributed by atoms with van der Waals surface area (Å²) in [6, 6.07) is 10.6. The topological polar surface area (TPSA) is 50.3 Å². The second-order valence-electron chi connectivity index (χ2n) is 9.56. The van der Waals surface area contributed by atoms with Crippen molar-refractivity contribution in [1.82, 2.24) is 14.9 Å². The molecule has 0 saturated heterocycles. The van der Waals surface area contributed by atoms with Gasteiger partial charge in [-0.05, 0) is 67.0 Å². The summed E-state index contributed by atoms with van der Waals surface area (Å²) in [5, 5.41) is 3.41. The molecule has 2 heterocycles. The minimum absolute atomic E-state index is 0.145. The molecule has 2 saturated carbocycles. The number of hydrogen-bond acceptors (Lipinski definition) is 5. The van der Waals surface area contributed by atoms with Crippen molar-refractivity contribution in [2.45, 2.75) is 37.8 Å². The molecule has 1 N–H and O–H groups in total. The number of aromatic nitrogens is 2. The smallest absolute Gasteiger partial charge is 0.227 e. The van der Waals surface area contributed by atoms with Gasteiger partial charge >= 0.3 is 0 Å². The van der Waals surface area contributed by atoms with Gasteiger partial charge < -0.3 is 10.1 Å². The van der Waals surface area contributed by atoms with E-state index in [-0.39, 0.29) is 5.60 Å². The van der Waals surface area contributed by atoms with E-state index in [1.807, 2.05) is 12.3 Å². The lowest BCUT2D eigenvalue weighted by molar-refractivity contribution is 0.0628. The molecule has 2 fully saturated rings. The lowest BCUT2D eigenvalue weighted by Gasteiger charge is -2.21. The Morgan fingerprint density at radius 2 is 2.16 bits per heavy atom. The second kappa shape index (κ2) is 8.30. The van der Waals surface area contributed by atoms with Crippen LogP contribution in [0.25, 0.3) is 5.57 Å². The summed E-state index contributed by atoms with van der Waals surface area (Å²) >= 11 is 0. The normalized spacial score (nSPS) is 28.5. The van der Waals surface area contributed by atoms with E-state index in [0.29, 0.717) is 11.9 Å². The van der Waals surface area contributed by atoms with E-state index in [2.05, 4.69) is 69.8 Å². The molecule has 1 spiro atoms. The van der Waals surface area contributed by atoms with Gasteiger partial charge in [0.05, 0.1) is 17.9 Å². The molecule has 0 amide bonds. The fourth-order valence-corrected chi connectivity index (χ4v) is 4.82. The van der Waals surface area contributed by atoms with Crippen molar-refractivity contribution >= 4 is 17.2 Å². The SMILES string of the molecule is C1=CC2CC23C=C1c1ccnc(n1)Nc1cccc(c1)CN(CC1CC1)C/C=C/CCO3. The summed E-state index contributed by atoms with van der Waals surface area (Å²) in [5.41, 5.74) is 4.24. The van der Waals surface area contributed by atoms with Crippen LogP contribution in [0, 0.1) is 11.8 Å². The molecule has 5 nitrogen and oxygen atoms in total. The molecule has 2 unspecified atom stereocenters. The van der Waals surface area contributed by atoms with Crippen molar-refractivity contribution in [2.24, 2.45) is 11.8 Å². The summed E-state index contributed by atoms with van der Waals surface area (Å²) in [6.45, 7) is 3.87. The summed E-state index contributed by atoms with van der Waals surface area (Å²) < 4.78 is 6.37. The average molecular weight is 427 g/mol. The van der Waals surface area contributed by atoms with Crippen LogP contribution in [0.3, 0.4) is 0 Å². The summed E-state index contributed by atoms with van der Waals surface area (Å²) in [7, 11) is 0. The van der Waals surface area contributed by atoms with Gasteiger partial charge in [0.15, 0.2) is 0 Å². The average Bonchev–Trinajstić information content (AvgIpc) is 3.71. The molecule has 6 bridgehead atoms. The zero-order chi connectivity index (χ0) is 21.4. The van der Waals surface area contributed by atoms with Crippen molar-refractivity contribution < 1.29 is 4.74 Å². The van der Waals surface area contributed by atoms with Crippen LogP contribution < -0.4 is 5.32 Å². The van der Waals surface area contributed by atoms with E-state index in [1.165, 1.54) is 24.9 Å². The van der Waals surface area contributed by atoms with Gasteiger partial charge in [-0.3, -0.25) is 4.90 Å². The van der Waals surface area contributed by atoms with Crippen LogP contribution in [0.2, 0.25) is 0 Å². The summed E-state index contributed by atoms with van der Waals surface area (Å²) in [6.07, 6.45) is 17.9. The van der Waals surface area contributed by atoms with E-state index in [0.717, 1.165) is 55.4 Å². The molecule has 4 aliphatic rings. The Labute approximate surface area is 189 Å². The first kappa shape index (κ1) is 19.9. The third-order valence-corrected chi connectivity index (χ3v) is 6.85. The van der Waals surface area contributed by atoms with Gasteiger partial charge in [-0.15, -0.1) is 0 Å². The molecule has 6 rings (SSSR count). The number of hydrogen-bond donors (Lipinski definition) is 1. The van der Waals surface area contributed by atoms with E-state index >= 15 is 0 Å². The van der Waals surface area contributed by atoms with Gasteiger partial charge in [0, 0.05) is 37.4 Å². The van der Waals surface area contributed by atoms with Crippen LogP contribution in [0.4, 0.5) is 11.6 Å². The largest absolute Gasteiger partial charge is 0.370 e. The van der Waals surface area contributed by atoms with Crippen LogP contribution in [0.15, 0.2) is 66.9 Å². The molecule has 164 valence electrons. The van der Waals surface area contributed by atoms with Gasteiger partial charge in [0.25, 0.3) is 0 Å². The van der Waals surface area contributed by atoms with E-state index in [9.17, 15) is 0 Å². The first-order valence-corrected chi connectivity index (χ1v) is 11.9. The Morgan fingerprint density at radius 3 is 3.09 bits per heavy atom. The van der Waals surface area contributed by atoms with Gasteiger partial charge in [0.2, 0.25) is 5.95 Å². The minimum Gasteiger partial charge on any atom is -0.370 e. The predicted molar refractivity (Wildman–Crippen MR) is 127 cm³/mol. The molecule has 2 aromatic rings. The first-order chi connectivity index (χ1) is 15.8. The zero-order valence-corrected chi connectivity index (χ0v) is 18.4. The number of allylic oxidation sites excluding steroid dienone is 2. The molecule has 1 aromatic carbocycles. The lowest BCUT2D eigenvalue weighted by Crippen LogP contribution is -2.25. The van der Waals surface area contributed by atoms with Crippen molar-refractivity contribution in [2.75, 3.05) is 25.0 Å². The van der Waals surface area contributed by atoms with Crippen molar-refractivity contribution in [3.8, 4) is 0 Å². The summed E-state index contributed by atoms with van der Waals surface area (Å²) in [4.78, 5) is 11.8. The maximum atomic E-state index is 6.37. The van der Waals surface area contributed by atoms with Crippen molar-refractivity contribution in [3.05, 3.63) is 78.2 Å². The molecule has 32 heavy (non-hydrogen) atoms. The summed E-state index contributed by atoms with van der Waals surface area (Å²) in [5.74, 6) is 1.99. The van der Waals surface area contributed by atoms with Gasteiger partial charge in [-0.1, -0.05) is 36.4 Å². The van der Waals surface area contributed by atoms with E-state index in [1.54, 1.807) is 0 Å². The Balaban J connectivity index is 1.30. The number of fused-ring (bicyclic) bond motifs is 5. The molecule has 2 atom stereocenters.